The first-order valence-corrected chi connectivity index (χ1v) is 11.3. The van der Waals surface area contributed by atoms with Crippen LogP contribution < -0.4 is 10.2 Å². The summed E-state index contributed by atoms with van der Waals surface area (Å²) in [4.78, 5) is 21.6. The Hall–Kier alpha value is -3.80. The molecule has 1 unspecified atom stereocenters. The van der Waals surface area contributed by atoms with Gasteiger partial charge in [0.2, 0.25) is 5.89 Å². The average Bonchev–Trinajstić information content (AvgIpc) is 3.47. The van der Waals surface area contributed by atoms with Crippen molar-refractivity contribution in [2.24, 2.45) is 0 Å². The summed E-state index contributed by atoms with van der Waals surface area (Å²) in [5, 5.41) is 3.00. The SMILES string of the molecule is Cc1ccc(NC(=O)N2CCCC2c2nc3cc(-c4ccc(N(C)C)cc4)ccc3o2)cc1. The van der Waals surface area contributed by atoms with Crippen LogP contribution in [0.5, 0.6) is 0 Å². The van der Waals surface area contributed by atoms with Crippen LogP contribution in [0.1, 0.15) is 30.3 Å². The van der Waals surface area contributed by atoms with E-state index in [-0.39, 0.29) is 12.1 Å². The lowest BCUT2D eigenvalue weighted by Gasteiger charge is -2.22. The summed E-state index contributed by atoms with van der Waals surface area (Å²) in [5.41, 5.74) is 6.88. The quantitative estimate of drug-likeness (QED) is 0.408. The highest BCUT2D eigenvalue weighted by Gasteiger charge is 2.33. The summed E-state index contributed by atoms with van der Waals surface area (Å²) in [6, 6.07) is 22.1. The zero-order chi connectivity index (χ0) is 22.9. The molecule has 168 valence electrons. The number of hydrogen-bond acceptors (Lipinski definition) is 4. The van der Waals surface area contributed by atoms with Crippen LogP contribution in [0.15, 0.2) is 71.1 Å². The van der Waals surface area contributed by atoms with Crippen LogP contribution in [-0.4, -0.2) is 36.6 Å². The zero-order valence-corrected chi connectivity index (χ0v) is 19.2. The second-order valence-electron chi connectivity index (χ2n) is 8.82. The summed E-state index contributed by atoms with van der Waals surface area (Å²) < 4.78 is 6.10. The van der Waals surface area contributed by atoms with Gasteiger partial charge in [0.1, 0.15) is 11.6 Å². The van der Waals surface area contributed by atoms with Gasteiger partial charge in [0, 0.05) is 32.0 Å². The summed E-state index contributed by atoms with van der Waals surface area (Å²) in [7, 11) is 4.07. The maximum absolute atomic E-state index is 13.0. The van der Waals surface area contributed by atoms with E-state index in [4.69, 9.17) is 9.40 Å². The smallest absolute Gasteiger partial charge is 0.322 e. The molecule has 1 atom stereocenters. The molecule has 5 rings (SSSR count). The summed E-state index contributed by atoms with van der Waals surface area (Å²) in [5.74, 6) is 0.599. The number of carbonyl (C=O) groups excluding carboxylic acids is 1. The Kier molecular flexibility index (Phi) is 5.50. The molecule has 33 heavy (non-hydrogen) atoms. The van der Waals surface area contributed by atoms with E-state index in [0.717, 1.165) is 52.0 Å². The first-order valence-electron chi connectivity index (χ1n) is 11.3. The Morgan fingerprint density at radius 2 is 1.76 bits per heavy atom. The van der Waals surface area contributed by atoms with Crippen LogP contribution in [0, 0.1) is 6.92 Å². The maximum Gasteiger partial charge on any atom is 0.322 e. The van der Waals surface area contributed by atoms with E-state index in [1.54, 1.807) is 0 Å². The third-order valence-electron chi connectivity index (χ3n) is 6.22. The number of oxazole rings is 1. The molecular weight excluding hydrogens is 412 g/mol. The van der Waals surface area contributed by atoms with Crippen molar-refractivity contribution in [1.82, 2.24) is 9.88 Å². The second kappa shape index (κ2) is 8.62. The first kappa shape index (κ1) is 21.1. The lowest BCUT2D eigenvalue weighted by atomic mass is 10.0. The monoisotopic (exact) mass is 440 g/mol. The van der Waals surface area contributed by atoms with E-state index >= 15 is 0 Å². The normalized spacial score (nSPS) is 15.7. The van der Waals surface area contributed by atoms with Gasteiger partial charge in [-0.05, 0) is 67.3 Å². The van der Waals surface area contributed by atoms with Gasteiger partial charge >= 0.3 is 6.03 Å². The van der Waals surface area contributed by atoms with Crippen LogP contribution in [0.4, 0.5) is 16.2 Å². The number of nitrogens with zero attached hydrogens (tertiary/aromatic N) is 3. The molecule has 1 N–H and O–H groups in total. The molecule has 2 heterocycles. The predicted molar refractivity (Wildman–Crippen MR) is 133 cm³/mol. The van der Waals surface area contributed by atoms with E-state index in [1.807, 2.05) is 56.3 Å². The maximum atomic E-state index is 13.0. The highest BCUT2D eigenvalue weighted by molar-refractivity contribution is 5.90. The van der Waals surface area contributed by atoms with Crippen LogP contribution in [-0.2, 0) is 0 Å². The van der Waals surface area contributed by atoms with Crippen LogP contribution in [0.2, 0.25) is 0 Å². The molecule has 0 bridgehead atoms. The lowest BCUT2D eigenvalue weighted by molar-refractivity contribution is 0.199. The highest BCUT2D eigenvalue weighted by atomic mass is 16.4. The summed E-state index contributed by atoms with van der Waals surface area (Å²) in [6.07, 6.45) is 1.77. The fourth-order valence-corrected chi connectivity index (χ4v) is 4.32. The molecule has 3 aromatic carbocycles. The summed E-state index contributed by atoms with van der Waals surface area (Å²) in [6.45, 7) is 2.71. The van der Waals surface area contributed by atoms with Crippen molar-refractivity contribution in [3.8, 4) is 11.1 Å². The molecule has 6 nitrogen and oxygen atoms in total. The number of aromatic nitrogens is 1. The minimum absolute atomic E-state index is 0.120. The first-order chi connectivity index (χ1) is 16.0. The molecule has 1 fully saturated rings. The van der Waals surface area contributed by atoms with Crippen LogP contribution in [0.25, 0.3) is 22.2 Å². The number of likely N-dealkylation sites (tertiary alicyclic amines) is 1. The second-order valence-corrected chi connectivity index (χ2v) is 8.82. The van der Waals surface area contributed by atoms with Crippen molar-refractivity contribution >= 4 is 28.5 Å². The van der Waals surface area contributed by atoms with Crippen molar-refractivity contribution in [2.45, 2.75) is 25.8 Å². The Morgan fingerprint density at radius 3 is 2.48 bits per heavy atom. The van der Waals surface area contributed by atoms with Gasteiger partial charge in [0.05, 0.1) is 0 Å². The topological polar surface area (TPSA) is 61.6 Å². The number of rotatable bonds is 4. The predicted octanol–water partition coefficient (Wildman–Crippen LogP) is 6.24. The Bertz CT molecular complexity index is 1280. The standard InChI is InChI=1S/C27H28N4O2/c1-18-6-11-21(12-7-18)28-27(32)31-16-4-5-24(31)26-29-23-17-20(10-15-25(23)33-26)19-8-13-22(14-9-19)30(2)3/h6-15,17,24H,4-5,16H2,1-3H3,(H,28,32). The lowest BCUT2D eigenvalue weighted by Crippen LogP contribution is -2.34. The van der Waals surface area contributed by atoms with Crippen LogP contribution >= 0.6 is 0 Å². The van der Waals surface area contributed by atoms with Crippen molar-refractivity contribution < 1.29 is 9.21 Å². The number of amides is 2. The minimum Gasteiger partial charge on any atom is -0.438 e. The molecule has 0 spiro atoms. The number of benzene rings is 3. The van der Waals surface area contributed by atoms with Gasteiger partial charge in [-0.1, -0.05) is 35.9 Å². The van der Waals surface area contributed by atoms with E-state index in [9.17, 15) is 4.79 Å². The molecule has 4 aromatic rings. The number of aryl methyl sites for hydroxylation is 1. The fourth-order valence-electron chi connectivity index (χ4n) is 4.32. The van der Waals surface area contributed by atoms with E-state index in [0.29, 0.717) is 12.4 Å². The number of fused-ring (bicyclic) bond motifs is 1. The molecule has 1 aliphatic heterocycles. The van der Waals surface area contributed by atoms with Gasteiger partial charge in [-0.3, -0.25) is 0 Å². The van der Waals surface area contributed by atoms with Gasteiger partial charge in [-0.25, -0.2) is 9.78 Å². The highest BCUT2D eigenvalue weighted by Crippen LogP contribution is 2.35. The molecule has 1 aromatic heterocycles. The molecule has 0 aliphatic carbocycles. The van der Waals surface area contributed by atoms with Crippen molar-refractivity contribution in [1.29, 1.82) is 0 Å². The number of anilines is 2. The molecule has 6 heteroatoms. The molecule has 1 saturated heterocycles. The minimum atomic E-state index is -0.161. The van der Waals surface area contributed by atoms with Gasteiger partial charge in [0.25, 0.3) is 0 Å². The Morgan fingerprint density at radius 1 is 1.03 bits per heavy atom. The number of carbonyl (C=O) groups is 1. The van der Waals surface area contributed by atoms with Gasteiger partial charge in [0.15, 0.2) is 5.58 Å². The van der Waals surface area contributed by atoms with Gasteiger partial charge in [-0.2, -0.15) is 0 Å². The third-order valence-corrected chi connectivity index (χ3v) is 6.22. The molecular formula is C27H28N4O2. The molecule has 0 saturated carbocycles. The zero-order valence-electron chi connectivity index (χ0n) is 19.2. The van der Waals surface area contributed by atoms with E-state index in [2.05, 4.69) is 46.6 Å². The van der Waals surface area contributed by atoms with E-state index < -0.39 is 0 Å². The number of hydrogen-bond donors (Lipinski definition) is 1. The molecule has 1 aliphatic rings. The van der Waals surface area contributed by atoms with E-state index in [1.165, 1.54) is 0 Å². The fraction of sp³-hybridized carbons (Fsp3) is 0.259. The largest absolute Gasteiger partial charge is 0.438 e. The molecule has 2 amide bonds. The number of nitrogens with one attached hydrogen (secondary N) is 1. The van der Waals surface area contributed by atoms with Crippen molar-refractivity contribution in [2.75, 3.05) is 30.9 Å². The van der Waals surface area contributed by atoms with Crippen molar-refractivity contribution in [3.63, 3.8) is 0 Å². The summed E-state index contributed by atoms with van der Waals surface area (Å²) >= 11 is 0. The third kappa shape index (κ3) is 4.29. The van der Waals surface area contributed by atoms with Crippen LogP contribution in [0.3, 0.4) is 0 Å². The van der Waals surface area contributed by atoms with Gasteiger partial charge in [-0.15, -0.1) is 0 Å². The Balaban J connectivity index is 1.37. The Labute approximate surface area is 193 Å². The van der Waals surface area contributed by atoms with Gasteiger partial charge < -0.3 is 19.5 Å². The number of urea groups is 1. The average molecular weight is 441 g/mol. The molecule has 0 radical (unpaired) electrons. The van der Waals surface area contributed by atoms with Crippen molar-refractivity contribution in [3.05, 3.63) is 78.2 Å².